The molecule has 1 heterocycles. The third kappa shape index (κ3) is 5.63. The Morgan fingerprint density at radius 2 is 1.91 bits per heavy atom. The van der Waals surface area contributed by atoms with E-state index in [-0.39, 0.29) is 23.5 Å². The molecule has 2 rings (SSSR count). The van der Waals surface area contributed by atoms with E-state index < -0.39 is 0 Å². The van der Waals surface area contributed by atoms with Gasteiger partial charge in [-0.2, -0.15) is 0 Å². The predicted octanol–water partition coefficient (Wildman–Crippen LogP) is 1.68. The van der Waals surface area contributed by atoms with Crippen LogP contribution in [0.3, 0.4) is 0 Å². The number of amides is 2. The van der Waals surface area contributed by atoms with E-state index in [2.05, 4.69) is 5.32 Å². The number of ether oxygens (including phenoxy) is 1. The van der Waals surface area contributed by atoms with Crippen LogP contribution >= 0.6 is 0 Å². The minimum atomic E-state index is -0.285. The van der Waals surface area contributed by atoms with Crippen LogP contribution in [0.15, 0.2) is 24.3 Å². The lowest BCUT2D eigenvalue weighted by molar-refractivity contribution is -0.135. The Hall–Kier alpha value is -1.95. The number of morpholine rings is 1. The van der Waals surface area contributed by atoms with E-state index in [0.717, 1.165) is 5.56 Å². The van der Waals surface area contributed by atoms with E-state index in [1.54, 1.807) is 17.0 Å². The number of benzene rings is 1. The standard InChI is InChI=1S/C17H23FN2O3/c1-13(14-2-4-15(18)5-3-14)12-16(21)19-7-6-17(22)20-8-10-23-11-9-20/h2-5,13H,6-12H2,1H3,(H,19,21)/t13-/m0/s1. The van der Waals surface area contributed by atoms with Gasteiger partial charge in [-0.25, -0.2) is 4.39 Å². The summed E-state index contributed by atoms with van der Waals surface area (Å²) in [6.45, 7) is 4.65. The van der Waals surface area contributed by atoms with Crippen molar-refractivity contribution in [2.75, 3.05) is 32.8 Å². The maximum atomic E-state index is 12.9. The average Bonchev–Trinajstić information content (AvgIpc) is 2.56. The maximum absolute atomic E-state index is 12.9. The fourth-order valence-electron chi connectivity index (χ4n) is 2.54. The molecule has 0 aromatic heterocycles. The van der Waals surface area contributed by atoms with Gasteiger partial charge in [-0.3, -0.25) is 9.59 Å². The second-order valence-corrected chi connectivity index (χ2v) is 5.75. The SMILES string of the molecule is C[C@@H](CC(=O)NCCC(=O)N1CCOCC1)c1ccc(F)cc1. The number of carbonyl (C=O) groups is 2. The van der Waals surface area contributed by atoms with Crippen LogP contribution in [0.1, 0.15) is 31.2 Å². The number of nitrogens with one attached hydrogen (secondary N) is 1. The molecule has 0 unspecified atom stereocenters. The fraction of sp³-hybridized carbons (Fsp3) is 0.529. The average molecular weight is 322 g/mol. The summed E-state index contributed by atoms with van der Waals surface area (Å²) in [7, 11) is 0. The molecule has 5 nitrogen and oxygen atoms in total. The van der Waals surface area contributed by atoms with Crippen LogP contribution < -0.4 is 5.32 Å². The number of hydrogen-bond acceptors (Lipinski definition) is 3. The minimum Gasteiger partial charge on any atom is -0.378 e. The van der Waals surface area contributed by atoms with Gasteiger partial charge in [0.05, 0.1) is 13.2 Å². The topological polar surface area (TPSA) is 58.6 Å². The Balaban J connectivity index is 1.68. The molecule has 1 fully saturated rings. The normalized spacial score (nSPS) is 16.0. The van der Waals surface area contributed by atoms with Crippen molar-refractivity contribution >= 4 is 11.8 Å². The van der Waals surface area contributed by atoms with E-state index >= 15 is 0 Å². The van der Waals surface area contributed by atoms with Crippen LogP contribution in [-0.4, -0.2) is 49.6 Å². The molecule has 0 saturated carbocycles. The van der Waals surface area contributed by atoms with Crippen LogP contribution in [0.25, 0.3) is 0 Å². The first-order valence-electron chi connectivity index (χ1n) is 7.94. The van der Waals surface area contributed by atoms with E-state index in [1.165, 1.54) is 12.1 Å². The molecule has 2 amide bonds. The Bertz CT molecular complexity index is 527. The molecule has 1 aliphatic heterocycles. The summed E-state index contributed by atoms with van der Waals surface area (Å²) in [6, 6.07) is 6.17. The molecular formula is C17H23FN2O3. The third-order valence-corrected chi connectivity index (χ3v) is 3.96. The smallest absolute Gasteiger partial charge is 0.224 e. The lowest BCUT2D eigenvalue weighted by Crippen LogP contribution is -2.42. The highest BCUT2D eigenvalue weighted by Gasteiger charge is 2.17. The van der Waals surface area contributed by atoms with Gasteiger partial charge < -0.3 is 15.0 Å². The lowest BCUT2D eigenvalue weighted by atomic mass is 9.97. The predicted molar refractivity (Wildman–Crippen MR) is 84.5 cm³/mol. The number of hydrogen-bond donors (Lipinski definition) is 1. The number of rotatable bonds is 6. The van der Waals surface area contributed by atoms with Crippen molar-refractivity contribution in [2.45, 2.75) is 25.7 Å². The molecule has 23 heavy (non-hydrogen) atoms. The quantitative estimate of drug-likeness (QED) is 0.867. The molecule has 1 atom stereocenters. The molecular weight excluding hydrogens is 299 g/mol. The molecule has 1 N–H and O–H groups in total. The fourth-order valence-corrected chi connectivity index (χ4v) is 2.54. The summed E-state index contributed by atoms with van der Waals surface area (Å²) in [4.78, 5) is 25.6. The summed E-state index contributed by atoms with van der Waals surface area (Å²) in [5.41, 5.74) is 0.922. The van der Waals surface area contributed by atoms with Gasteiger partial charge in [0.1, 0.15) is 5.82 Å². The van der Waals surface area contributed by atoms with Crippen LogP contribution in [0.4, 0.5) is 4.39 Å². The van der Waals surface area contributed by atoms with Crippen molar-refractivity contribution < 1.29 is 18.7 Å². The molecule has 0 radical (unpaired) electrons. The van der Waals surface area contributed by atoms with Crippen molar-refractivity contribution in [1.82, 2.24) is 10.2 Å². The van der Waals surface area contributed by atoms with Gasteiger partial charge in [-0.15, -0.1) is 0 Å². The molecule has 1 aliphatic rings. The lowest BCUT2D eigenvalue weighted by Gasteiger charge is -2.26. The molecule has 1 saturated heterocycles. The van der Waals surface area contributed by atoms with E-state index in [0.29, 0.717) is 45.7 Å². The first-order valence-corrected chi connectivity index (χ1v) is 7.94. The van der Waals surface area contributed by atoms with Gasteiger partial charge in [-0.05, 0) is 23.6 Å². The molecule has 126 valence electrons. The van der Waals surface area contributed by atoms with Crippen molar-refractivity contribution in [2.24, 2.45) is 0 Å². The van der Waals surface area contributed by atoms with Gasteiger partial charge in [0, 0.05) is 32.5 Å². The zero-order valence-electron chi connectivity index (χ0n) is 13.4. The summed E-state index contributed by atoms with van der Waals surface area (Å²) in [6.07, 6.45) is 0.619. The van der Waals surface area contributed by atoms with Crippen molar-refractivity contribution in [3.05, 3.63) is 35.6 Å². The van der Waals surface area contributed by atoms with Crippen LogP contribution in [0, 0.1) is 5.82 Å². The minimum absolute atomic E-state index is 0.00513. The van der Waals surface area contributed by atoms with E-state index in [4.69, 9.17) is 4.74 Å². The van der Waals surface area contributed by atoms with Crippen molar-refractivity contribution in [1.29, 1.82) is 0 Å². The van der Waals surface area contributed by atoms with Gasteiger partial charge >= 0.3 is 0 Å². The third-order valence-electron chi connectivity index (χ3n) is 3.96. The van der Waals surface area contributed by atoms with Crippen LogP contribution in [0.2, 0.25) is 0 Å². The Morgan fingerprint density at radius 1 is 1.26 bits per heavy atom. The largest absolute Gasteiger partial charge is 0.378 e. The number of nitrogens with zero attached hydrogens (tertiary/aromatic N) is 1. The highest BCUT2D eigenvalue weighted by atomic mass is 19.1. The monoisotopic (exact) mass is 322 g/mol. The molecule has 0 spiro atoms. The van der Waals surface area contributed by atoms with Gasteiger partial charge in [0.25, 0.3) is 0 Å². The summed E-state index contributed by atoms with van der Waals surface area (Å²) in [5, 5.41) is 2.77. The maximum Gasteiger partial charge on any atom is 0.224 e. The Kier molecular flexibility index (Phi) is 6.52. The van der Waals surface area contributed by atoms with Gasteiger partial charge in [0.15, 0.2) is 0 Å². The highest BCUT2D eigenvalue weighted by Crippen LogP contribution is 2.18. The number of halogens is 1. The first-order chi connectivity index (χ1) is 11.1. The second kappa shape index (κ2) is 8.62. The van der Waals surface area contributed by atoms with Crippen LogP contribution in [-0.2, 0) is 14.3 Å². The number of carbonyl (C=O) groups excluding carboxylic acids is 2. The van der Waals surface area contributed by atoms with Crippen molar-refractivity contribution in [3.63, 3.8) is 0 Å². The highest BCUT2D eigenvalue weighted by molar-refractivity contribution is 5.79. The molecule has 6 heteroatoms. The van der Waals surface area contributed by atoms with Crippen molar-refractivity contribution in [3.8, 4) is 0 Å². The van der Waals surface area contributed by atoms with Gasteiger partial charge in [0.2, 0.25) is 11.8 Å². The zero-order chi connectivity index (χ0) is 16.7. The molecule has 0 aliphatic carbocycles. The van der Waals surface area contributed by atoms with E-state index in [1.807, 2.05) is 6.92 Å². The molecule has 1 aromatic carbocycles. The van der Waals surface area contributed by atoms with E-state index in [9.17, 15) is 14.0 Å². The molecule has 1 aromatic rings. The van der Waals surface area contributed by atoms with Crippen LogP contribution in [0.5, 0.6) is 0 Å². The summed E-state index contributed by atoms with van der Waals surface area (Å²) >= 11 is 0. The zero-order valence-corrected chi connectivity index (χ0v) is 13.4. The second-order valence-electron chi connectivity index (χ2n) is 5.75. The van der Waals surface area contributed by atoms with Gasteiger partial charge in [-0.1, -0.05) is 19.1 Å². The summed E-state index contributed by atoms with van der Waals surface area (Å²) < 4.78 is 18.1. The summed E-state index contributed by atoms with van der Waals surface area (Å²) in [5.74, 6) is -0.339. The molecule has 0 bridgehead atoms. The Labute approximate surface area is 135 Å². The Morgan fingerprint density at radius 3 is 2.57 bits per heavy atom. The first kappa shape index (κ1) is 17.4.